The van der Waals surface area contributed by atoms with Gasteiger partial charge in [0.05, 0.1) is 39.4 Å². The number of hydrogen-bond acceptors (Lipinski definition) is 8. The Hall–Kier alpha value is -3.10. The average Bonchev–Trinajstić information content (AvgIpc) is 2.67. The first-order valence-electron chi connectivity index (χ1n) is 8.21. The summed E-state index contributed by atoms with van der Waals surface area (Å²) in [6, 6.07) is 4.44. The molecule has 0 atom stereocenters. The van der Waals surface area contributed by atoms with Crippen LogP contribution in [0.2, 0.25) is 0 Å². The maximum atomic E-state index is 12.8. The standard InChI is InChI=1S/C18H23NO8/c1-5-26-16(22)18(19-11-20,17(23)27-6-2)10-14(21)13-8-7-12(24-3)9-15(13)25-4/h7-9,11H,5-6,10H2,1-4H3,(H,19,20). The summed E-state index contributed by atoms with van der Waals surface area (Å²) in [5.74, 6) is -2.17. The first-order valence-corrected chi connectivity index (χ1v) is 8.21. The summed E-state index contributed by atoms with van der Waals surface area (Å²) < 4.78 is 20.0. The van der Waals surface area contributed by atoms with E-state index in [1.165, 1.54) is 46.3 Å². The molecule has 27 heavy (non-hydrogen) atoms. The molecule has 9 heteroatoms. The van der Waals surface area contributed by atoms with E-state index in [0.717, 1.165) is 0 Å². The van der Waals surface area contributed by atoms with E-state index in [4.69, 9.17) is 18.9 Å². The van der Waals surface area contributed by atoms with Crippen molar-refractivity contribution in [2.24, 2.45) is 0 Å². The molecule has 1 aromatic rings. The number of Topliss-reactive ketones (excluding diaryl/α,β-unsaturated/α-hetero) is 1. The Morgan fingerprint density at radius 1 is 1.04 bits per heavy atom. The number of amides is 1. The molecular formula is C18H23NO8. The molecule has 9 nitrogen and oxygen atoms in total. The van der Waals surface area contributed by atoms with Crippen LogP contribution < -0.4 is 14.8 Å². The second-order valence-corrected chi connectivity index (χ2v) is 5.27. The molecule has 0 aliphatic rings. The summed E-state index contributed by atoms with van der Waals surface area (Å²) in [6.07, 6.45) is -0.557. The number of methoxy groups -OCH3 is 2. The molecule has 0 aliphatic carbocycles. The van der Waals surface area contributed by atoms with Gasteiger partial charge in [-0.25, -0.2) is 9.59 Å². The topological polar surface area (TPSA) is 117 Å². The Kier molecular flexibility index (Phi) is 8.25. The number of nitrogens with one attached hydrogen (secondary N) is 1. The Balaban J connectivity index is 3.35. The van der Waals surface area contributed by atoms with Crippen molar-refractivity contribution in [1.82, 2.24) is 5.32 Å². The molecular weight excluding hydrogens is 358 g/mol. The number of carbonyl (C=O) groups is 4. The van der Waals surface area contributed by atoms with E-state index in [-0.39, 0.29) is 30.9 Å². The van der Waals surface area contributed by atoms with Crippen molar-refractivity contribution >= 4 is 24.1 Å². The molecule has 148 valence electrons. The lowest BCUT2D eigenvalue weighted by Gasteiger charge is -2.28. The van der Waals surface area contributed by atoms with E-state index >= 15 is 0 Å². The molecule has 1 N–H and O–H groups in total. The van der Waals surface area contributed by atoms with Gasteiger partial charge in [-0.1, -0.05) is 0 Å². The van der Waals surface area contributed by atoms with Crippen molar-refractivity contribution in [1.29, 1.82) is 0 Å². The first kappa shape index (κ1) is 21.9. The van der Waals surface area contributed by atoms with E-state index in [0.29, 0.717) is 5.75 Å². The van der Waals surface area contributed by atoms with Crippen molar-refractivity contribution in [3.63, 3.8) is 0 Å². The van der Waals surface area contributed by atoms with Crippen LogP contribution in [-0.2, 0) is 23.9 Å². The Labute approximate surface area is 156 Å². The molecule has 0 aromatic heterocycles. The van der Waals surface area contributed by atoms with Crippen LogP contribution in [0, 0.1) is 0 Å². The number of ether oxygens (including phenoxy) is 4. The highest BCUT2D eigenvalue weighted by Gasteiger charge is 2.51. The molecule has 0 saturated carbocycles. The minimum atomic E-state index is -2.30. The number of esters is 2. The summed E-state index contributed by atoms with van der Waals surface area (Å²) in [6.45, 7) is 2.95. The molecule has 0 bridgehead atoms. The van der Waals surface area contributed by atoms with E-state index in [1.54, 1.807) is 0 Å². The molecule has 0 radical (unpaired) electrons. The maximum absolute atomic E-state index is 12.8. The minimum absolute atomic E-state index is 0.0550. The van der Waals surface area contributed by atoms with Crippen molar-refractivity contribution in [3.8, 4) is 11.5 Å². The fourth-order valence-corrected chi connectivity index (χ4v) is 2.37. The van der Waals surface area contributed by atoms with Gasteiger partial charge in [0.25, 0.3) is 0 Å². The van der Waals surface area contributed by atoms with Gasteiger partial charge in [-0.2, -0.15) is 0 Å². The lowest BCUT2D eigenvalue weighted by Crippen LogP contribution is -2.60. The lowest BCUT2D eigenvalue weighted by atomic mass is 9.90. The second kappa shape index (κ2) is 10.1. The smallest absolute Gasteiger partial charge is 0.344 e. The minimum Gasteiger partial charge on any atom is -0.497 e. The van der Waals surface area contributed by atoms with E-state index in [9.17, 15) is 19.2 Å². The predicted molar refractivity (Wildman–Crippen MR) is 93.7 cm³/mol. The quantitative estimate of drug-likeness (QED) is 0.260. The van der Waals surface area contributed by atoms with Gasteiger partial charge in [0, 0.05) is 6.07 Å². The number of ketones is 1. The number of hydrogen-bond donors (Lipinski definition) is 1. The third-order valence-corrected chi connectivity index (χ3v) is 3.69. The molecule has 0 unspecified atom stereocenters. The zero-order chi connectivity index (χ0) is 20.4. The van der Waals surface area contributed by atoms with Crippen molar-refractivity contribution in [2.75, 3.05) is 27.4 Å². The van der Waals surface area contributed by atoms with E-state index < -0.39 is 29.7 Å². The fraction of sp³-hybridized carbons (Fsp3) is 0.444. The lowest BCUT2D eigenvalue weighted by molar-refractivity contribution is -0.167. The number of benzene rings is 1. The van der Waals surface area contributed by atoms with Gasteiger partial charge in [-0.05, 0) is 26.0 Å². The number of rotatable bonds is 11. The summed E-state index contributed by atoms with van der Waals surface area (Å²) in [7, 11) is 2.82. The van der Waals surface area contributed by atoms with Crippen LogP contribution in [0.15, 0.2) is 18.2 Å². The van der Waals surface area contributed by atoms with Crippen LogP contribution in [-0.4, -0.2) is 57.1 Å². The summed E-state index contributed by atoms with van der Waals surface area (Å²) in [5, 5.41) is 2.11. The van der Waals surface area contributed by atoms with Gasteiger partial charge in [0.2, 0.25) is 11.9 Å². The van der Waals surface area contributed by atoms with Crippen LogP contribution in [0.25, 0.3) is 0 Å². The van der Waals surface area contributed by atoms with Crippen molar-refractivity contribution < 1.29 is 38.1 Å². The summed E-state index contributed by atoms with van der Waals surface area (Å²) >= 11 is 0. The largest absolute Gasteiger partial charge is 0.497 e. The van der Waals surface area contributed by atoms with Gasteiger partial charge in [-0.3, -0.25) is 9.59 Å². The van der Waals surface area contributed by atoms with Crippen LogP contribution in [0.4, 0.5) is 0 Å². The Morgan fingerprint density at radius 2 is 1.63 bits per heavy atom. The van der Waals surface area contributed by atoms with Crippen molar-refractivity contribution in [3.05, 3.63) is 23.8 Å². The molecule has 1 amide bonds. The number of carbonyl (C=O) groups excluding carboxylic acids is 4. The van der Waals surface area contributed by atoms with E-state index in [2.05, 4.69) is 5.32 Å². The van der Waals surface area contributed by atoms with Gasteiger partial charge < -0.3 is 24.3 Å². The highest BCUT2D eigenvalue weighted by atomic mass is 16.6. The zero-order valence-electron chi connectivity index (χ0n) is 15.7. The van der Waals surface area contributed by atoms with Gasteiger partial charge in [-0.15, -0.1) is 0 Å². The molecule has 0 saturated heterocycles. The van der Waals surface area contributed by atoms with Gasteiger partial charge >= 0.3 is 11.9 Å². The average molecular weight is 381 g/mol. The molecule has 1 aromatic carbocycles. The molecule has 0 spiro atoms. The maximum Gasteiger partial charge on any atom is 0.344 e. The van der Waals surface area contributed by atoms with E-state index in [1.807, 2.05) is 0 Å². The Morgan fingerprint density at radius 3 is 2.07 bits per heavy atom. The summed E-state index contributed by atoms with van der Waals surface area (Å²) in [4.78, 5) is 48.8. The van der Waals surface area contributed by atoms with Crippen LogP contribution in [0.5, 0.6) is 11.5 Å². The highest BCUT2D eigenvalue weighted by molar-refractivity contribution is 6.13. The Bertz CT molecular complexity index is 683. The highest BCUT2D eigenvalue weighted by Crippen LogP contribution is 2.28. The monoisotopic (exact) mass is 381 g/mol. The van der Waals surface area contributed by atoms with Gasteiger partial charge in [0.15, 0.2) is 5.78 Å². The fourth-order valence-electron chi connectivity index (χ4n) is 2.37. The van der Waals surface area contributed by atoms with Crippen LogP contribution >= 0.6 is 0 Å². The molecule has 0 aliphatic heterocycles. The normalized spacial score (nSPS) is 10.5. The SMILES string of the molecule is CCOC(=O)C(CC(=O)c1ccc(OC)cc1OC)(NC=O)C(=O)OCC. The second-order valence-electron chi connectivity index (χ2n) is 5.27. The summed E-state index contributed by atoms with van der Waals surface area (Å²) in [5.41, 5.74) is -2.19. The molecule has 1 rings (SSSR count). The third kappa shape index (κ3) is 4.96. The van der Waals surface area contributed by atoms with Crippen LogP contribution in [0.3, 0.4) is 0 Å². The zero-order valence-corrected chi connectivity index (χ0v) is 15.7. The molecule has 0 heterocycles. The first-order chi connectivity index (χ1) is 12.9. The third-order valence-electron chi connectivity index (χ3n) is 3.69. The van der Waals surface area contributed by atoms with Gasteiger partial charge in [0.1, 0.15) is 11.5 Å². The van der Waals surface area contributed by atoms with Crippen LogP contribution in [0.1, 0.15) is 30.6 Å². The predicted octanol–water partition coefficient (Wildman–Crippen LogP) is 0.888. The van der Waals surface area contributed by atoms with Crippen molar-refractivity contribution in [2.45, 2.75) is 25.8 Å². The molecule has 0 fully saturated rings.